The van der Waals surface area contributed by atoms with Gasteiger partial charge >= 0.3 is 0 Å². The van der Waals surface area contributed by atoms with Crippen LogP contribution in [0, 0.1) is 0 Å². The van der Waals surface area contributed by atoms with E-state index in [1.165, 1.54) is 65.2 Å². The van der Waals surface area contributed by atoms with E-state index in [0.29, 0.717) is 0 Å². The Morgan fingerprint density at radius 3 is 1.54 bits per heavy atom. The highest BCUT2D eigenvalue weighted by Gasteiger charge is 2.18. The van der Waals surface area contributed by atoms with Crippen LogP contribution in [0.2, 0.25) is 0 Å². The quantitative estimate of drug-likeness (QED) is 0.173. The fourth-order valence-electron chi connectivity index (χ4n) is 8.90. The highest BCUT2D eigenvalue weighted by molar-refractivity contribution is 6.17. The molecular weight excluding hydrogens is 657 g/mol. The van der Waals surface area contributed by atoms with Gasteiger partial charge in [0, 0.05) is 50.4 Å². The van der Waals surface area contributed by atoms with Gasteiger partial charge in [-0.2, -0.15) is 0 Å². The van der Waals surface area contributed by atoms with Gasteiger partial charge in [0.1, 0.15) is 0 Å². The molecule has 0 aliphatic heterocycles. The second-order valence-electron chi connectivity index (χ2n) is 14.3. The van der Waals surface area contributed by atoms with Crippen LogP contribution < -0.4 is 0 Å². The van der Waals surface area contributed by atoms with Gasteiger partial charge < -0.3 is 9.13 Å². The van der Waals surface area contributed by atoms with Crippen LogP contribution in [0.5, 0.6) is 0 Å². The minimum absolute atomic E-state index is 0.984. The smallest absolute Gasteiger partial charge is 0.0782 e. The fraction of sp³-hybridized carbons (Fsp3) is 0. The van der Waals surface area contributed by atoms with Crippen molar-refractivity contribution in [2.45, 2.75) is 0 Å². The molecule has 0 spiro atoms. The van der Waals surface area contributed by atoms with Crippen molar-refractivity contribution < 1.29 is 0 Å². The number of rotatable bonds is 3. The van der Waals surface area contributed by atoms with E-state index in [-0.39, 0.29) is 0 Å². The van der Waals surface area contributed by atoms with Crippen molar-refractivity contribution in [1.29, 1.82) is 0 Å². The molecule has 4 nitrogen and oxygen atoms in total. The van der Waals surface area contributed by atoms with Crippen molar-refractivity contribution in [1.82, 2.24) is 19.1 Å². The third-order valence-electron chi connectivity index (χ3n) is 11.3. The number of para-hydroxylation sites is 2. The first kappa shape index (κ1) is 29.3. The van der Waals surface area contributed by atoms with Crippen molar-refractivity contribution in [3.05, 3.63) is 182 Å². The molecule has 0 N–H and O–H groups in total. The van der Waals surface area contributed by atoms with Gasteiger partial charge in [-0.1, -0.05) is 91.0 Å². The molecule has 4 heterocycles. The second kappa shape index (κ2) is 11.1. The molecule has 0 aliphatic rings. The molecule has 0 saturated heterocycles. The van der Waals surface area contributed by atoms with Crippen molar-refractivity contribution in [3.63, 3.8) is 0 Å². The van der Waals surface area contributed by atoms with Crippen LogP contribution in [0.1, 0.15) is 0 Å². The van der Waals surface area contributed by atoms with E-state index in [0.717, 1.165) is 44.2 Å². The first-order chi connectivity index (χ1) is 26.8. The molecular formula is C50H30N4. The lowest BCUT2D eigenvalue weighted by Gasteiger charge is -2.15. The van der Waals surface area contributed by atoms with Crippen molar-refractivity contribution in [2.24, 2.45) is 0 Å². The van der Waals surface area contributed by atoms with Crippen molar-refractivity contribution >= 4 is 86.8 Å². The van der Waals surface area contributed by atoms with Gasteiger partial charge in [0.2, 0.25) is 0 Å². The molecule has 12 rings (SSSR count). The van der Waals surface area contributed by atoms with Gasteiger partial charge in [-0.15, -0.1) is 0 Å². The summed E-state index contributed by atoms with van der Waals surface area (Å²) in [6, 6.07) is 59.7. The maximum atomic E-state index is 5.26. The van der Waals surface area contributed by atoms with Gasteiger partial charge in [0.25, 0.3) is 0 Å². The highest BCUT2D eigenvalue weighted by atomic mass is 15.0. The zero-order valence-corrected chi connectivity index (χ0v) is 29.1. The van der Waals surface area contributed by atoms with E-state index in [4.69, 9.17) is 4.98 Å². The predicted octanol–water partition coefficient (Wildman–Crippen LogP) is 13.0. The fourth-order valence-corrected chi connectivity index (χ4v) is 8.90. The number of hydrogen-bond donors (Lipinski definition) is 0. The lowest BCUT2D eigenvalue weighted by atomic mass is 9.95. The molecule has 0 atom stereocenters. The maximum Gasteiger partial charge on any atom is 0.0782 e. The number of hydrogen-bond acceptors (Lipinski definition) is 2. The van der Waals surface area contributed by atoms with Gasteiger partial charge in [0.05, 0.1) is 39.5 Å². The average molecular weight is 687 g/mol. The van der Waals surface area contributed by atoms with Crippen LogP contribution >= 0.6 is 0 Å². The Bertz CT molecular complexity index is 3500. The molecule has 0 unspecified atom stereocenters. The zero-order valence-electron chi connectivity index (χ0n) is 29.1. The largest absolute Gasteiger partial charge is 0.309 e. The summed E-state index contributed by atoms with van der Waals surface area (Å²) >= 11 is 0. The third kappa shape index (κ3) is 4.19. The molecule has 0 aliphatic carbocycles. The average Bonchev–Trinajstić information content (AvgIpc) is 3.73. The van der Waals surface area contributed by atoms with Crippen LogP contribution in [0.4, 0.5) is 0 Å². The molecule has 4 aromatic heterocycles. The number of aromatic nitrogens is 4. The Hall–Kier alpha value is -7.30. The summed E-state index contributed by atoms with van der Waals surface area (Å²) in [6.07, 6.45) is 5.80. The zero-order chi connectivity index (χ0) is 35.3. The van der Waals surface area contributed by atoms with Gasteiger partial charge in [-0.3, -0.25) is 9.97 Å². The minimum atomic E-state index is 0.984. The normalized spacial score (nSPS) is 12.1. The third-order valence-corrected chi connectivity index (χ3v) is 11.3. The van der Waals surface area contributed by atoms with E-state index in [2.05, 4.69) is 178 Å². The predicted molar refractivity (Wildman–Crippen MR) is 226 cm³/mol. The molecule has 0 radical (unpaired) electrons. The van der Waals surface area contributed by atoms with Crippen LogP contribution in [-0.2, 0) is 0 Å². The van der Waals surface area contributed by atoms with E-state index in [1.807, 2.05) is 18.6 Å². The van der Waals surface area contributed by atoms with Crippen molar-refractivity contribution in [2.75, 3.05) is 0 Å². The number of fused-ring (bicyclic) bond motifs is 11. The molecule has 54 heavy (non-hydrogen) atoms. The molecule has 0 saturated carbocycles. The van der Waals surface area contributed by atoms with E-state index < -0.39 is 0 Å². The Morgan fingerprint density at radius 1 is 0.352 bits per heavy atom. The summed E-state index contributed by atoms with van der Waals surface area (Å²) in [5.41, 5.74) is 10.1. The van der Waals surface area contributed by atoms with Gasteiger partial charge in [-0.25, -0.2) is 0 Å². The Morgan fingerprint density at radius 2 is 0.907 bits per heavy atom. The summed E-state index contributed by atoms with van der Waals surface area (Å²) in [4.78, 5) is 9.63. The monoisotopic (exact) mass is 686 g/mol. The highest BCUT2D eigenvalue weighted by Crippen LogP contribution is 2.41. The first-order valence-corrected chi connectivity index (χ1v) is 18.4. The summed E-state index contributed by atoms with van der Waals surface area (Å²) in [5.74, 6) is 0. The molecule has 0 amide bonds. The van der Waals surface area contributed by atoms with Crippen LogP contribution in [0.3, 0.4) is 0 Å². The second-order valence-corrected chi connectivity index (χ2v) is 14.3. The van der Waals surface area contributed by atoms with Gasteiger partial charge in [0.15, 0.2) is 0 Å². The molecule has 12 aromatic rings. The summed E-state index contributed by atoms with van der Waals surface area (Å²) in [6.45, 7) is 0. The number of nitrogens with zero attached hydrogens (tertiary/aromatic N) is 4. The molecule has 8 aromatic carbocycles. The molecule has 0 bridgehead atoms. The van der Waals surface area contributed by atoms with Crippen molar-refractivity contribution in [3.8, 4) is 22.5 Å². The van der Waals surface area contributed by atoms with Crippen LogP contribution in [0.25, 0.3) is 109 Å². The summed E-state index contributed by atoms with van der Waals surface area (Å²) in [7, 11) is 0. The van der Waals surface area contributed by atoms with E-state index in [9.17, 15) is 0 Å². The number of benzene rings is 8. The minimum Gasteiger partial charge on any atom is -0.309 e. The lowest BCUT2D eigenvalue weighted by molar-refractivity contribution is 1.16. The topological polar surface area (TPSA) is 35.6 Å². The first-order valence-electron chi connectivity index (χ1n) is 18.4. The standard InChI is InChI=1S/C50H30N4/c1-3-11-34-27-48-44(24-32(34)9-1)39-13-5-7-15-46(39)53(48)37-17-18-41-43(29-37)42(31-19-21-51-22-20-31)26-36-23-38(30-52-50(36)41)54-47-16-8-6-14-40(47)45-25-33-10-2-4-12-35(33)28-49(45)54/h1-30H. The maximum absolute atomic E-state index is 5.26. The Labute approximate surface area is 309 Å². The molecule has 0 fully saturated rings. The van der Waals surface area contributed by atoms with E-state index in [1.54, 1.807) is 0 Å². The summed E-state index contributed by atoms with van der Waals surface area (Å²) in [5, 5.41) is 13.3. The Kier molecular flexibility index (Phi) is 6.02. The Balaban J connectivity index is 1.13. The summed E-state index contributed by atoms with van der Waals surface area (Å²) < 4.78 is 4.79. The van der Waals surface area contributed by atoms with Gasteiger partial charge in [-0.05, 0) is 111 Å². The van der Waals surface area contributed by atoms with Crippen LogP contribution in [0.15, 0.2) is 182 Å². The molecule has 4 heteroatoms. The van der Waals surface area contributed by atoms with E-state index >= 15 is 0 Å². The van der Waals surface area contributed by atoms with Crippen LogP contribution in [-0.4, -0.2) is 19.1 Å². The lowest BCUT2D eigenvalue weighted by Crippen LogP contribution is -1.97. The number of pyridine rings is 2. The SMILES string of the molecule is c1ccc2cc3c(cc2c1)c1ccccc1n3-c1cnc2c(c1)cc(-c1ccncc1)c1cc(-n3c4ccccc4c4cc5ccccc5cc43)ccc12. The molecule has 250 valence electrons.